The number of aromatic nitrogens is 2. The summed E-state index contributed by atoms with van der Waals surface area (Å²) in [7, 11) is 0. The fourth-order valence-electron chi connectivity index (χ4n) is 4.88. The number of benzene rings is 3. The summed E-state index contributed by atoms with van der Waals surface area (Å²) in [5.41, 5.74) is -9.24. The molecule has 2 nitrogen and oxygen atoms in total. The van der Waals surface area contributed by atoms with Crippen molar-refractivity contribution >= 4 is 22.7 Å². The van der Waals surface area contributed by atoms with Gasteiger partial charge in [0.2, 0.25) is 0 Å². The van der Waals surface area contributed by atoms with Gasteiger partial charge in [-0.2, -0.15) is 0 Å². The SMILES string of the molecule is Cc1cc(C)[n+]([B-](c2c(F)c(F)c(F)c(F)c2F)(c2c(F)c(F)c(F)c(F)c2F)c2c(F)c(F)c(F)c(F)c2F)[nH]1. The molecule has 1 heterocycles. The van der Waals surface area contributed by atoms with E-state index in [2.05, 4.69) is 0 Å². The van der Waals surface area contributed by atoms with Crippen LogP contribution in [0.3, 0.4) is 0 Å². The monoisotopic (exact) mass is 608 g/mol. The fourth-order valence-corrected chi connectivity index (χ4v) is 4.88. The summed E-state index contributed by atoms with van der Waals surface area (Å²) in [5, 5.41) is 1.93. The van der Waals surface area contributed by atoms with Gasteiger partial charge in [0.25, 0.3) is 0 Å². The second-order valence-electron chi connectivity index (χ2n) is 8.72. The van der Waals surface area contributed by atoms with Gasteiger partial charge in [-0.1, -0.05) is 0 Å². The van der Waals surface area contributed by atoms with Gasteiger partial charge in [-0.25, -0.2) is 71.0 Å². The number of hydrogen-bond donors (Lipinski definition) is 1. The maximum Gasteiger partial charge on any atom is 0.400 e. The van der Waals surface area contributed by atoms with Crippen molar-refractivity contribution in [2.24, 2.45) is 0 Å². The first kappa shape index (κ1) is 29.9. The molecule has 0 bridgehead atoms. The number of H-pyrrole nitrogens is 1. The summed E-state index contributed by atoms with van der Waals surface area (Å²) in [4.78, 5) is 0. The number of nitrogens with zero attached hydrogens (tertiary/aromatic N) is 1. The lowest BCUT2D eigenvalue weighted by atomic mass is 9.23. The standard InChI is InChI=1S/C23H8BF15N2/c1-4-3-5(2)41(40-4)24(6-9(25)15(31)21(37)16(32)10(6)26,7-11(27)17(33)22(38)18(34)12(7)28)8-13(29)19(35)23(39)20(36)14(8)30/h3,40H,1-2H3. The maximum absolute atomic E-state index is 15.4. The molecule has 4 rings (SSSR count). The minimum absolute atomic E-state index is 0.218. The molecule has 1 aromatic heterocycles. The van der Waals surface area contributed by atoms with Crippen LogP contribution in [0.5, 0.6) is 0 Å². The van der Waals surface area contributed by atoms with Crippen molar-refractivity contribution in [2.75, 3.05) is 0 Å². The molecule has 218 valence electrons. The minimum atomic E-state index is -5.86. The van der Waals surface area contributed by atoms with Crippen LogP contribution in [-0.4, -0.2) is 11.4 Å². The first-order valence-electron chi connectivity index (χ1n) is 10.7. The van der Waals surface area contributed by atoms with E-state index in [1.807, 2.05) is 5.10 Å². The van der Waals surface area contributed by atoms with Gasteiger partial charge in [0.1, 0.15) is 40.6 Å². The lowest BCUT2D eigenvalue weighted by Gasteiger charge is -2.37. The number of hydrogen-bond acceptors (Lipinski definition) is 0. The molecule has 0 aliphatic rings. The molecule has 1 N–H and O–H groups in total. The van der Waals surface area contributed by atoms with E-state index in [9.17, 15) is 39.5 Å². The van der Waals surface area contributed by atoms with E-state index in [1.165, 1.54) is 0 Å². The third kappa shape index (κ3) is 3.82. The highest BCUT2D eigenvalue weighted by Gasteiger charge is 2.58. The average molecular weight is 608 g/mol. The van der Waals surface area contributed by atoms with Crippen LogP contribution in [-0.2, 0) is 0 Å². The van der Waals surface area contributed by atoms with Crippen molar-refractivity contribution in [1.29, 1.82) is 0 Å². The largest absolute Gasteiger partial charge is 0.400 e. The number of halogens is 15. The number of nitrogens with one attached hydrogen (secondary N) is 1. The summed E-state index contributed by atoms with van der Waals surface area (Å²) < 4.78 is 221. The maximum atomic E-state index is 15.4. The molecule has 0 unspecified atom stereocenters. The van der Waals surface area contributed by atoms with Crippen LogP contribution in [0.1, 0.15) is 11.4 Å². The molecule has 0 fully saturated rings. The van der Waals surface area contributed by atoms with Crippen molar-refractivity contribution in [1.82, 2.24) is 5.10 Å². The Morgan fingerprint density at radius 2 is 0.634 bits per heavy atom. The van der Waals surface area contributed by atoms with E-state index in [-0.39, 0.29) is 10.3 Å². The van der Waals surface area contributed by atoms with Crippen LogP contribution in [0.4, 0.5) is 65.9 Å². The first-order chi connectivity index (χ1) is 18.9. The van der Waals surface area contributed by atoms with E-state index < -0.39 is 116 Å². The summed E-state index contributed by atoms with van der Waals surface area (Å²) in [6.07, 6.45) is -5.86. The Bertz CT molecular complexity index is 1530. The predicted octanol–water partition coefficient (Wildman–Crippen LogP) is 4.52. The molecule has 0 aliphatic heterocycles. The summed E-state index contributed by atoms with van der Waals surface area (Å²) >= 11 is 0. The second-order valence-corrected chi connectivity index (χ2v) is 8.72. The van der Waals surface area contributed by atoms with E-state index in [1.54, 1.807) is 0 Å². The molecule has 0 radical (unpaired) electrons. The van der Waals surface area contributed by atoms with Crippen LogP contribution in [0.25, 0.3) is 0 Å². The number of rotatable bonds is 4. The number of aromatic amines is 1. The topological polar surface area (TPSA) is 19.7 Å². The number of aryl methyl sites for hydroxylation is 2. The lowest BCUT2D eigenvalue weighted by Crippen LogP contribution is -2.89. The first-order valence-corrected chi connectivity index (χ1v) is 10.7. The molecule has 0 amide bonds. The highest BCUT2D eigenvalue weighted by molar-refractivity contribution is 7.05. The minimum Gasteiger partial charge on any atom is -0.319 e. The summed E-state index contributed by atoms with van der Waals surface area (Å²) in [6.45, 7) is 1.78. The molecular formula is C23H8BF15N2. The smallest absolute Gasteiger partial charge is 0.319 e. The van der Waals surface area contributed by atoms with Crippen LogP contribution in [0.15, 0.2) is 6.07 Å². The highest BCUT2D eigenvalue weighted by atomic mass is 19.2. The Morgan fingerprint density at radius 3 is 0.829 bits per heavy atom. The molecular weight excluding hydrogens is 600 g/mol. The zero-order chi connectivity index (χ0) is 31.0. The Kier molecular flexibility index (Phi) is 7.11. The Balaban J connectivity index is 2.58. The quantitative estimate of drug-likeness (QED) is 0.152. The second kappa shape index (κ2) is 9.76. The van der Waals surface area contributed by atoms with Crippen molar-refractivity contribution in [2.45, 2.75) is 13.8 Å². The third-order valence-corrected chi connectivity index (χ3v) is 6.47. The highest BCUT2D eigenvalue weighted by Crippen LogP contribution is 2.27. The molecule has 0 aliphatic carbocycles. The van der Waals surface area contributed by atoms with Gasteiger partial charge in [-0.15, -0.1) is 0 Å². The lowest BCUT2D eigenvalue weighted by molar-refractivity contribution is -0.609. The van der Waals surface area contributed by atoms with Crippen LogP contribution >= 0.6 is 0 Å². The normalized spacial score (nSPS) is 12.0. The van der Waals surface area contributed by atoms with Crippen molar-refractivity contribution in [3.63, 3.8) is 0 Å². The molecule has 0 saturated heterocycles. The van der Waals surface area contributed by atoms with Gasteiger partial charge in [0.05, 0.1) is 5.69 Å². The Labute approximate surface area is 217 Å². The van der Waals surface area contributed by atoms with E-state index in [0.717, 1.165) is 19.9 Å². The fraction of sp³-hybridized carbons (Fsp3) is 0.0870. The third-order valence-electron chi connectivity index (χ3n) is 6.47. The Hall–Kier alpha value is -4.12. The zero-order valence-corrected chi connectivity index (χ0v) is 19.8. The Morgan fingerprint density at radius 1 is 0.415 bits per heavy atom. The van der Waals surface area contributed by atoms with Gasteiger partial charge in [-0.3, -0.25) is 0 Å². The molecule has 18 heteroatoms. The average Bonchev–Trinajstić information content (AvgIpc) is 3.28. The van der Waals surface area contributed by atoms with Crippen LogP contribution in [0, 0.1) is 101 Å². The van der Waals surface area contributed by atoms with Crippen LogP contribution < -0.4 is 21.0 Å². The molecule has 0 atom stereocenters. The van der Waals surface area contributed by atoms with Gasteiger partial charge >= 0.3 is 6.28 Å². The molecule has 41 heavy (non-hydrogen) atoms. The predicted molar refractivity (Wildman–Crippen MR) is 109 cm³/mol. The van der Waals surface area contributed by atoms with Gasteiger partial charge < -0.3 is 4.59 Å². The van der Waals surface area contributed by atoms with E-state index in [4.69, 9.17) is 0 Å². The summed E-state index contributed by atoms with van der Waals surface area (Å²) in [5.74, 6) is -45.8. The molecule has 4 aromatic rings. The molecule has 0 saturated carbocycles. The van der Waals surface area contributed by atoms with Gasteiger partial charge in [0.15, 0.2) is 52.4 Å². The molecule has 0 spiro atoms. The van der Waals surface area contributed by atoms with E-state index in [0.29, 0.717) is 0 Å². The zero-order valence-electron chi connectivity index (χ0n) is 19.8. The van der Waals surface area contributed by atoms with Gasteiger partial charge in [-0.05, 0) is 23.3 Å². The van der Waals surface area contributed by atoms with Crippen molar-refractivity contribution in [3.8, 4) is 0 Å². The summed E-state index contributed by atoms with van der Waals surface area (Å²) in [6, 6.07) is 0.806. The molecule has 3 aromatic carbocycles. The van der Waals surface area contributed by atoms with Gasteiger partial charge in [0, 0.05) is 13.0 Å². The van der Waals surface area contributed by atoms with Crippen molar-refractivity contribution < 1.29 is 70.4 Å². The van der Waals surface area contributed by atoms with E-state index >= 15 is 26.3 Å². The van der Waals surface area contributed by atoms with Crippen molar-refractivity contribution in [3.05, 3.63) is 105 Å². The van der Waals surface area contributed by atoms with Crippen LogP contribution in [0.2, 0.25) is 0 Å².